The van der Waals surface area contributed by atoms with E-state index in [4.69, 9.17) is 0 Å². The minimum absolute atomic E-state index is 0.00369. The molecule has 2 aromatic carbocycles. The number of hydrogen-bond donors (Lipinski definition) is 1. The van der Waals surface area contributed by atoms with Gasteiger partial charge in [0.15, 0.2) is 5.60 Å². The normalized spacial score (nSPS) is 22.5. The van der Waals surface area contributed by atoms with Crippen LogP contribution >= 0.6 is 0 Å². The molecule has 0 spiro atoms. The Morgan fingerprint density at radius 2 is 1.60 bits per heavy atom. The second-order valence-corrected chi connectivity index (χ2v) is 11.6. The number of hydrogen-bond acceptors (Lipinski definition) is 4. The van der Waals surface area contributed by atoms with Gasteiger partial charge in [-0.3, -0.25) is 4.79 Å². The molecule has 10 heteroatoms. The summed E-state index contributed by atoms with van der Waals surface area (Å²) in [5.74, 6) is 0.00369. The van der Waals surface area contributed by atoms with Crippen molar-refractivity contribution in [2.45, 2.75) is 61.7 Å². The number of aryl methyl sites for hydroxylation is 1. The summed E-state index contributed by atoms with van der Waals surface area (Å²) in [5, 5.41) is 9.83. The highest BCUT2D eigenvalue weighted by Crippen LogP contribution is 2.50. The third-order valence-electron chi connectivity index (χ3n) is 7.19. The SMILES string of the molecule is Cc1ccc(C2(C(=O)N3CCN(S(=O)(=O)c4ccc(C(C)(O)C(F)(F)F)cc4)[C@H](C)C3)CC2)cc1. The van der Waals surface area contributed by atoms with Gasteiger partial charge in [0.25, 0.3) is 0 Å². The highest BCUT2D eigenvalue weighted by Gasteiger charge is 2.54. The second kappa shape index (κ2) is 8.60. The molecule has 0 bridgehead atoms. The maximum absolute atomic E-state index is 13.4. The predicted octanol–water partition coefficient (Wildman–Crippen LogP) is 3.72. The van der Waals surface area contributed by atoms with E-state index in [9.17, 15) is 31.5 Å². The van der Waals surface area contributed by atoms with Crippen LogP contribution in [0.2, 0.25) is 0 Å². The molecule has 1 unspecified atom stereocenters. The molecule has 1 N–H and O–H groups in total. The molecule has 1 amide bonds. The topological polar surface area (TPSA) is 77.9 Å². The summed E-state index contributed by atoms with van der Waals surface area (Å²) in [6.07, 6.45) is -3.38. The third kappa shape index (κ3) is 4.47. The molecule has 1 aliphatic heterocycles. The number of halogens is 3. The number of carbonyl (C=O) groups is 1. The average Bonchev–Trinajstić information content (AvgIpc) is 3.60. The smallest absolute Gasteiger partial charge is 0.376 e. The second-order valence-electron chi connectivity index (χ2n) is 9.76. The molecule has 4 rings (SSSR count). The number of alkyl halides is 3. The Labute approximate surface area is 203 Å². The van der Waals surface area contributed by atoms with E-state index in [0.717, 1.165) is 48.2 Å². The number of benzene rings is 2. The van der Waals surface area contributed by atoms with E-state index in [-0.39, 0.29) is 30.4 Å². The lowest BCUT2D eigenvalue weighted by molar-refractivity contribution is -0.258. The van der Waals surface area contributed by atoms with E-state index in [0.29, 0.717) is 6.92 Å². The standard InChI is InChI=1S/C25H29F3N2O4S/c1-17-4-6-20(7-5-17)24(12-13-24)22(31)29-14-15-30(18(2)16-29)35(33,34)21-10-8-19(9-11-21)23(3,32)25(26,27)28/h4-11,18,32H,12-16H2,1-3H3/t18-,23?/m1/s1. The summed E-state index contributed by atoms with van der Waals surface area (Å²) in [6, 6.07) is 11.5. The van der Waals surface area contributed by atoms with Crippen LogP contribution in [0.25, 0.3) is 0 Å². The van der Waals surface area contributed by atoms with E-state index >= 15 is 0 Å². The van der Waals surface area contributed by atoms with Gasteiger partial charge >= 0.3 is 6.18 Å². The zero-order valence-electron chi connectivity index (χ0n) is 19.8. The zero-order chi connectivity index (χ0) is 25.8. The van der Waals surface area contributed by atoms with Crippen molar-refractivity contribution >= 4 is 15.9 Å². The lowest BCUT2D eigenvalue weighted by atomic mass is 9.93. The Kier molecular flexibility index (Phi) is 6.30. The van der Waals surface area contributed by atoms with Crippen LogP contribution in [-0.4, -0.2) is 60.5 Å². The molecule has 0 radical (unpaired) electrons. The Bertz CT molecular complexity index is 1200. The number of aliphatic hydroxyl groups is 1. The molecule has 190 valence electrons. The lowest BCUT2D eigenvalue weighted by Crippen LogP contribution is -2.57. The van der Waals surface area contributed by atoms with Crippen LogP contribution in [0.15, 0.2) is 53.4 Å². The molecule has 2 fully saturated rings. The molecule has 1 saturated heterocycles. The van der Waals surface area contributed by atoms with Crippen molar-refractivity contribution in [3.05, 3.63) is 65.2 Å². The van der Waals surface area contributed by atoms with Gasteiger partial charge in [0.1, 0.15) is 0 Å². The van der Waals surface area contributed by atoms with Crippen molar-refractivity contribution in [2.24, 2.45) is 0 Å². The number of amides is 1. The first kappa shape index (κ1) is 25.7. The fourth-order valence-corrected chi connectivity index (χ4v) is 6.27. The Morgan fingerprint density at radius 1 is 1.03 bits per heavy atom. The van der Waals surface area contributed by atoms with Crippen molar-refractivity contribution in [1.82, 2.24) is 9.21 Å². The maximum atomic E-state index is 13.4. The predicted molar refractivity (Wildman–Crippen MR) is 124 cm³/mol. The molecule has 2 atom stereocenters. The highest BCUT2D eigenvalue weighted by atomic mass is 32.2. The lowest BCUT2D eigenvalue weighted by Gasteiger charge is -2.40. The van der Waals surface area contributed by atoms with Gasteiger partial charge in [-0.1, -0.05) is 42.0 Å². The fraction of sp³-hybridized carbons (Fsp3) is 0.480. The van der Waals surface area contributed by atoms with Crippen LogP contribution in [0.4, 0.5) is 13.2 Å². The largest absolute Gasteiger partial charge is 0.421 e. The summed E-state index contributed by atoms with van der Waals surface area (Å²) in [4.78, 5) is 14.9. The molecule has 0 aromatic heterocycles. The van der Waals surface area contributed by atoms with Gasteiger partial charge in [0.2, 0.25) is 15.9 Å². The quantitative estimate of drug-likeness (QED) is 0.665. The van der Waals surface area contributed by atoms with Crippen LogP contribution in [0, 0.1) is 6.92 Å². The van der Waals surface area contributed by atoms with E-state index in [1.807, 2.05) is 31.2 Å². The molecular formula is C25H29F3N2O4S. The number of rotatable bonds is 5. The van der Waals surface area contributed by atoms with Crippen LogP contribution in [-0.2, 0) is 25.8 Å². The first-order chi connectivity index (χ1) is 16.2. The number of sulfonamides is 1. The average molecular weight is 511 g/mol. The molecule has 1 saturated carbocycles. The van der Waals surface area contributed by atoms with Crippen molar-refractivity contribution in [3.63, 3.8) is 0 Å². The number of piperazine rings is 1. The summed E-state index contributed by atoms with van der Waals surface area (Å²) in [5.41, 5.74) is -1.99. The summed E-state index contributed by atoms with van der Waals surface area (Å²) in [7, 11) is -4.00. The van der Waals surface area contributed by atoms with Gasteiger partial charge in [0.05, 0.1) is 10.3 Å². The molecule has 6 nitrogen and oxygen atoms in total. The highest BCUT2D eigenvalue weighted by molar-refractivity contribution is 7.89. The van der Waals surface area contributed by atoms with Gasteiger partial charge in [-0.25, -0.2) is 8.42 Å². The van der Waals surface area contributed by atoms with Crippen molar-refractivity contribution < 1.29 is 31.5 Å². The van der Waals surface area contributed by atoms with Crippen LogP contribution in [0.5, 0.6) is 0 Å². The monoisotopic (exact) mass is 510 g/mol. The van der Waals surface area contributed by atoms with Crippen molar-refractivity contribution in [1.29, 1.82) is 0 Å². The van der Waals surface area contributed by atoms with Gasteiger partial charge in [-0.15, -0.1) is 0 Å². The van der Waals surface area contributed by atoms with E-state index in [1.165, 1.54) is 4.31 Å². The summed E-state index contributed by atoms with van der Waals surface area (Å²) in [6.45, 7) is 4.87. The Balaban J connectivity index is 1.48. The van der Waals surface area contributed by atoms with Crippen LogP contribution in [0.1, 0.15) is 43.4 Å². The van der Waals surface area contributed by atoms with E-state index in [2.05, 4.69) is 0 Å². The van der Waals surface area contributed by atoms with Crippen molar-refractivity contribution in [3.8, 4) is 0 Å². The Morgan fingerprint density at radius 3 is 2.09 bits per heavy atom. The molecule has 1 heterocycles. The van der Waals surface area contributed by atoms with E-state index < -0.39 is 38.8 Å². The van der Waals surface area contributed by atoms with Crippen LogP contribution in [0.3, 0.4) is 0 Å². The van der Waals surface area contributed by atoms with Crippen LogP contribution < -0.4 is 0 Å². The minimum atomic E-state index is -4.90. The molecule has 1 aliphatic carbocycles. The third-order valence-corrected chi connectivity index (χ3v) is 9.22. The summed E-state index contributed by atoms with van der Waals surface area (Å²) >= 11 is 0. The summed E-state index contributed by atoms with van der Waals surface area (Å²) < 4.78 is 67.1. The maximum Gasteiger partial charge on any atom is 0.421 e. The first-order valence-electron chi connectivity index (χ1n) is 11.5. The molecule has 35 heavy (non-hydrogen) atoms. The molecule has 2 aromatic rings. The molecule has 2 aliphatic rings. The molecular weight excluding hydrogens is 481 g/mol. The van der Waals surface area contributed by atoms with Gasteiger partial charge in [0, 0.05) is 25.7 Å². The van der Waals surface area contributed by atoms with Crippen molar-refractivity contribution in [2.75, 3.05) is 19.6 Å². The fourth-order valence-electron chi connectivity index (χ4n) is 4.66. The number of carbonyl (C=O) groups excluding carboxylic acids is 1. The van der Waals surface area contributed by atoms with E-state index in [1.54, 1.807) is 11.8 Å². The van der Waals surface area contributed by atoms with Gasteiger partial charge in [-0.2, -0.15) is 17.5 Å². The zero-order valence-corrected chi connectivity index (χ0v) is 20.7. The minimum Gasteiger partial charge on any atom is -0.376 e. The Hall–Kier alpha value is -2.43. The van der Waals surface area contributed by atoms with Gasteiger partial charge < -0.3 is 10.0 Å². The first-order valence-corrected chi connectivity index (χ1v) is 12.9. The van der Waals surface area contributed by atoms with Gasteiger partial charge in [-0.05, 0) is 56.9 Å². The number of nitrogens with zero attached hydrogens (tertiary/aromatic N) is 2.